The summed E-state index contributed by atoms with van der Waals surface area (Å²) in [6, 6.07) is 11.2. The molecule has 2 aromatic carbocycles. The molecule has 0 saturated heterocycles. The van der Waals surface area contributed by atoms with E-state index < -0.39 is 5.91 Å². The molecular formula is C20H21BrClN5O4. The Balaban J connectivity index is 1.51. The fraction of sp³-hybridized carbons (Fsp3) is 0.250. The van der Waals surface area contributed by atoms with Gasteiger partial charge in [-0.3, -0.25) is 4.79 Å². The number of hydrogen-bond donors (Lipinski definition) is 3. The molecule has 31 heavy (non-hydrogen) atoms. The average molecular weight is 511 g/mol. The average Bonchev–Trinajstić information content (AvgIpc) is 3.19. The van der Waals surface area contributed by atoms with Crippen molar-refractivity contribution in [3.05, 3.63) is 62.7 Å². The van der Waals surface area contributed by atoms with Gasteiger partial charge in [0.05, 0.1) is 7.11 Å². The number of halogens is 2. The maximum absolute atomic E-state index is 11.9. The molecule has 0 aliphatic heterocycles. The molecule has 11 heteroatoms. The van der Waals surface area contributed by atoms with Gasteiger partial charge < -0.3 is 25.8 Å². The minimum absolute atomic E-state index is 0.0270. The number of nitrogens with two attached hydrogens (primary N) is 1. The Kier molecular flexibility index (Phi) is 8.10. The number of ether oxygens (including phenoxy) is 2. The number of methoxy groups -OCH3 is 1. The van der Waals surface area contributed by atoms with Crippen molar-refractivity contribution in [3.8, 4) is 11.5 Å². The first kappa shape index (κ1) is 22.9. The quantitative estimate of drug-likeness (QED) is 0.355. The van der Waals surface area contributed by atoms with Crippen molar-refractivity contribution in [2.24, 2.45) is 0 Å². The maximum atomic E-state index is 11.9. The van der Waals surface area contributed by atoms with Crippen molar-refractivity contribution in [1.82, 2.24) is 20.9 Å². The zero-order valence-electron chi connectivity index (χ0n) is 16.7. The predicted molar refractivity (Wildman–Crippen MR) is 119 cm³/mol. The van der Waals surface area contributed by atoms with Crippen LogP contribution < -0.4 is 25.8 Å². The molecular weight excluding hydrogens is 490 g/mol. The predicted octanol–water partition coefficient (Wildman–Crippen LogP) is 3.17. The molecule has 0 spiro atoms. The number of benzene rings is 2. The van der Waals surface area contributed by atoms with Crippen LogP contribution in [0.3, 0.4) is 0 Å². The van der Waals surface area contributed by atoms with Gasteiger partial charge in [-0.1, -0.05) is 39.7 Å². The Morgan fingerprint density at radius 2 is 2.06 bits per heavy atom. The van der Waals surface area contributed by atoms with Gasteiger partial charge in [-0.15, -0.1) is 0 Å². The molecule has 0 saturated carbocycles. The van der Waals surface area contributed by atoms with Crippen LogP contribution in [-0.4, -0.2) is 36.4 Å². The summed E-state index contributed by atoms with van der Waals surface area (Å²) < 4.78 is 16.7. The van der Waals surface area contributed by atoms with E-state index >= 15 is 0 Å². The van der Waals surface area contributed by atoms with Crippen molar-refractivity contribution in [1.29, 1.82) is 0 Å². The highest BCUT2D eigenvalue weighted by atomic mass is 79.9. The number of aromatic nitrogens is 2. The topological polar surface area (TPSA) is 125 Å². The summed E-state index contributed by atoms with van der Waals surface area (Å²) >= 11 is 9.59. The van der Waals surface area contributed by atoms with Gasteiger partial charge >= 0.3 is 0 Å². The number of nitrogen functional groups attached to an aromatic ring is 1. The Morgan fingerprint density at radius 3 is 2.77 bits per heavy atom. The van der Waals surface area contributed by atoms with Crippen LogP contribution in [0.5, 0.6) is 11.5 Å². The van der Waals surface area contributed by atoms with Crippen LogP contribution in [0, 0.1) is 0 Å². The van der Waals surface area contributed by atoms with E-state index in [-0.39, 0.29) is 11.5 Å². The highest BCUT2D eigenvalue weighted by Crippen LogP contribution is 2.34. The summed E-state index contributed by atoms with van der Waals surface area (Å²) in [5.41, 5.74) is 7.40. The van der Waals surface area contributed by atoms with Gasteiger partial charge in [0.25, 0.3) is 5.91 Å². The van der Waals surface area contributed by atoms with Crippen LogP contribution in [-0.2, 0) is 13.2 Å². The molecule has 0 bridgehead atoms. The highest BCUT2D eigenvalue weighted by Gasteiger charge is 2.15. The summed E-state index contributed by atoms with van der Waals surface area (Å²) in [5, 5.41) is 13.4. The standard InChI is InChI=1S/C20H21BrClN5O4/c1-29-16-8-13(10-24-5-6-25-20(28)18-19(23)27-31-26-18)15(21)9-17(16)30-11-12-3-2-4-14(22)7-12/h2-4,7-9,24H,5-6,10-11H2,1H3,(H2,23,27)(H,25,28). The molecule has 1 heterocycles. The normalized spacial score (nSPS) is 10.7. The number of amides is 1. The van der Waals surface area contributed by atoms with Crippen LogP contribution in [0.2, 0.25) is 5.02 Å². The monoisotopic (exact) mass is 509 g/mol. The summed E-state index contributed by atoms with van der Waals surface area (Å²) in [4.78, 5) is 11.9. The first-order chi connectivity index (χ1) is 15.0. The smallest absolute Gasteiger partial charge is 0.277 e. The molecule has 0 unspecified atom stereocenters. The number of nitrogens with zero attached hydrogens (tertiary/aromatic N) is 2. The summed E-state index contributed by atoms with van der Waals surface area (Å²) in [6.07, 6.45) is 0. The van der Waals surface area contributed by atoms with E-state index in [1.54, 1.807) is 7.11 Å². The molecule has 0 aliphatic carbocycles. The zero-order chi connectivity index (χ0) is 22.2. The van der Waals surface area contributed by atoms with E-state index in [1.165, 1.54) is 0 Å². The minimum atomic E-state index is -0.440. The fourth-order valence-electron chi connectivity index (χ4n) is 2.70. The van der Waals surface area contributed by atoms with Crippen molar-refractivity contribution in [2.75, 3.05) is 25.9 Å². The van der Waals surface area contributed by atoms with Crippen LogP contribution in [0.15, 0.2) is 45.5 Å². The van der Waals surface area contributed by atoms with Gasteiger partial charge in [-0.25, -0.2) is 4.63 Å². The molecule has 164 valence electrons. The van der Waals surface area contributed by atoms with E-state index in [4.69, 9.17) is 26.8 Å². The highest BCUT2D eigenvalue weighted by molar-refractivity contribution is 9.10. The van der Waals surface area contributed by atoms with Gasteiger partial charge in [-0.2, -0.15) is 0 Å². The van der Waals surface area contributed by atoms with Crippen molar-refractivity contribution in [3.63, 3.8) is 0 Å². The molecule has 1 aromatic heterocycles. The lowest BCUT2D eigenvalue weighted by atomic mass is 10.2. The fourth-order valence-corrected chi connectivity index (χ4v) is 3.37. The Hall–Kier alpha value is -2.82. The van der Waals surface area contributed by atoms with E-state index in [1.807, 2.05) is 36.4 Å². The van der Waals surface area contributed by atoms with Gasteiger partial charge in [0, 0.05) is 29.1 Å². The molecule has 0 aliphatic rings. The SMILES string of the molecule is COc1cc(CNCCNC(=O)c2nonc2N)c(Br)cc1OCc1cccc(Cl)c1. The lowest BCUT2D eigenvalue weighted by Gasteiger charge is -2.15. The largest absolute Gasteiger partial charge is 0.493 e. The number of carbonyl (C=O) groups is 1. The van der Waals surface area contributed by atoms with Crippen molar-refractivity contribution in [2.45, 2.75) is 13.2 Å². The second-order valence-electron chi connectivity index (χ2n) is 6.44. The maximum Gasteiger partial charge on any atom is 0.277 e. The third kappa shape index (κ3) is 6.33. The summed E-state index contributed by atoms with van der Waals surface area (Å²) in [7, 11) is 1.59. The molecule has 0 atom stereocenters. The van der Waals surface area contributed by atoms with E-state index in [0.717, 1.165) is 15.6 Å². The minimum Gasteiger partial charge on any atom is -0.493 e. The van der Waals surface area contributed by atoms with Crippen molar-refractivity contribution < 1.29 is 18.9 Å². The second kappa shape index (κ2) is 11.0. The van der Waals surface area contributed by atoms with Gasteiger partial charge in [-0.05, 0) is 45.7 Å². The van der Waals surface area contributed by atoms with Crippen molar-refractivity contribution >= 4 is 39.3 Å². The van der Waals surface area contributed by atoms with Crippen LogP contribution >= 0.6 is 27.5 Å². The Bertz CT molecular complexity index is 1050. The van der Waals surface area contributed by atoms with Gasteiger partial charge in [0.2, 0.25) is 11.5 Å². The Morgan fingerprint density at radius 1 is 1.23 bits per heavy atom. The third-order valence-corrected chi connectivity index (χ3v) is 5.22. The van der Waals surface area contributed by atoms with E-state index in [2.05, 4.69) is 41.5 Å². The summed E-state index contributed by atoms with van der Waals surface area (Å²) in [6.45, 7) is 1.82. The number of rotatable bonds is 10. The van der Waals surface area contributed by atoms with E-state index in [9.17, 15) is 4.79 Å². The molecule has 9 nitrogen and oxygen atoms in total. The lowest BCUT2D eigenvalue weighted by Crippen LogP contribution is -2.32. The molecule has 3 rings (SSSR count). The Labute approximate surface area is 192 Å². The second-order valence-corrected chi connectivity index (χ2v) is 7.73. The molecule has 0 radical (unpaired) electrons. The van der Waals surface area contributed by atoms with Gasteiger partial charge in [0.15, 0.2) is 11.5 Å². The summed E-state index contributed by atoms with van der Waals surface area (Å²) in [5.74, 6) is 0.747. The third-order valence-electron chi connectivity index (χ3n) is 4.25. The van der Waals surface area contributed by atoms with Crippen LogP contribution in [0.1, 0.15) is 21.6 Å². The number of anilines is 1. The number of hydrogen-bond acceptors (Lipinski definition) is 8. The zero-order valence-corrected chi connectivity index (χ0v) is 19.0. The molecule has 3 aromatic rings. The van der Waals surface area contributed by atoms with Gasteiger partial charge in [0.1, 0.15) is 6.61 Å². The first-order valence-corrected chi connectivity index (χ1v) is 10.5. The van der Waals surface area contributed by atoms with Crippen LogP contribution in [0.4, 0.5) is 5.82 Å². The first-order valence-electron chi connectivity index (χ1n) is 9.28. The molecule has 4 N–H and O–H groups in total. The van der Waals surface area contributed by atoms with Crippen LogP contribution in [0.25, 0.3) is 0 Å². The van der Waals surface area contributed by atoms with E-state index in [0.29, 0.717) is 42.8 Å². The molecule has 1 amide bonds. The lowest BCUT2D eigenvalue weighted by molar-refractivity contribution is 0.0944. The number of nitrogens with one attached hydrogen (secondary N) is 2. The number of carbonyl (C=O) groups excluding carboxylic acids is 1. The molecule has 0 fully saturated rings.